The average molecular weight is 282 g/mol. The molecule has 2 fully saturated rings. The summed E-state index contributed by atoms with van der Waals surface area (Å²) in [4.78, 5) is 26.5. The zero-order valence-electron chi connectivity index (χ0n) is 11.4. The van der Waals surface area contributed by atoms with E-state index in [4.69, 9.17) is 18.0 Å². The van der Waals surface area contributed by atoms with E-state index >= 15 is 0 Å². The highest BCUT2D eigenvalue weighted by Gasteiger charge is 2.51. The van der Waals surface area contributed by atoms with Gasteiger partial charge in [0.25, 0.3) is 0 Å². The summed E-state index contributed by atoms with van der Waals surface area (Å²) in [7, 11) is 0. The van der Waals surface area contributed by atoms with Crippen molar-refractivity contribution in [2.45, 2.75) is 45.4 Å². The first-order valence-electron chi connectivity index (χ1n) is 7.18. The van der Waals surface area contributed by atoms with Crippen molar-refractivity contribution in [1.82, 2.24) is 4.90 Å². The zero-order valence-corrected chi connectivity index (χ0v) is 12.2. The molecule has 0 bridgehead atoms. The molecule has 0 spiro atoms. The van der Waals surface area contributed by atoms with Crippen molar-refractivity contribution in [3.05, 3.63) is 0 Å². The molecule has 19 heavy (non-hydrogen) atoms. The summed E-state index contributed by atoms with van der Waals surface area (Å²) in [5, 5.41) is 0. The van der Waals surface area contributed by atoms with Crippen molar-refractivity contribution in [3.63, 3.8) is 0 Å². The number of unbranched alkanes of at least 4 members (excludes halogenated alkanes) is 1. The summed E-state index contributed by atoms with van der Waals surface area (Å²) < 4.78 is 0. The Balaban J connectivity index is 1.86. The first-order chi connectivity index (χ1) is 9.04. The van der Waals surface area contributed by atoms with Gasteiger partial charge in [-0.1, -0.05) is 25.6 Å². The Hall–Kier alpha value is -0.970. The summed E-state index contributed by atoms with van der Waals surface area (Å²) in [6, 6.07) is 0. The minimum atomic E-state index is -0.0342. The van der Waals surface area contributed by atoms with Crippen molar-refractivity contribution in [1.29, 1.82) is 0 Å². The third-order valence-corrected chi connectivity index (χ3v) is 4.66. The number of rotatable bonds is 6. The van der Waals surface area contributed by atoms with Crippen molar-refractivity contribution < 1.29 is 9.59 Å². The van der Waals surface area contributed by atoms with Crippen LogP contribution < -0.4 is 5.73 Å². The Kier molecular flexibility index (Phi) is 4.55. The number of fused-ring (bicyclic) bond motifs is 1. The topological polar surface area (TPSA) is 63.4 Å². The van der Waals surface area contributed by atoms with Gasteiger partial charge in [0.1, 0.15) is 0 Å². The highest BCUT2D eigenvalue weighted by atomic mass is 32.1. The molecular weight excluding hydrogens is 260 g/mol. The molecule has 0 aromatic carbocycles. The van der Waals surface area contributed by atoms with E-state index in [0.29, 0.717) is 23.9 Å². The SMILES string of the molecule is CCC1CC2C(=O)N(CCCCC(N)=S)C(=O)C2C1. The van der Waals surface area contributed by atoms with Crippen LogP contribution >= 0.6 is 12.2 Å². The van der Waals surface area contributed by atoms with E-state index < -0.39 is 0 Å². The number of hydrogen-bond acceptors (Lipinski definition) is 3. The molecule has 2 N–H and O–H groups in total. The second-order valence-corrected chi connectivity index (χ2v) is 6.23. The number of hydrogen-bond donors (Lipinski definition) is 1. The first-order valence-corrected chi connectivity index (χ1v) is 7.59. The summed E-state index contributed by atoms with van der Waals surface area (Å²) in [6.45, 7) is 2.66. The smallest absolute Gasteiger partial charge is 0.233 e. The second kappa shape index (κ2) is 5.99. The van der Waals surface area contributed by atoms with E-state index in [1.54, 1.807) is 0 Å². The number of imide groups is 1. The van der Waals surface area contributed by atoms with Crippen LogP contribution in [-0.2, 0) is 9.59 Å². The molecule has 1 aliphatic heterocycles. The maximum Gasteiger partial charge on any atom is 0.233 e. The molecule has 0 aromatic heterocycles. The molecule has 0 radical (unpaired) electrons. The number of thiocarbonyl (C=S) groups is 1. The maximum atomic E-state index is 12.2. The van der Waals surface area contributed by atoms with Gasteiger partial charge in [0.05, 0.1) is 16.8 Å². The molecule has 2 atom stereocenters. The quantitative estimate of drug-likeness (QED) is 0.459. The van der Waals surface area contributed by atoms with Gasteiger partial charge in [-0.2, -0.15) is 0 Å². The molecule has 2 amide bonds. The molecule has 1 saturated carbocycles. The number of nitrogens with two attached hydrogens (primary N) is 1. The molecule has 1 heterocycles. The normalized spacial score (nSPS) is 29.9. The van der Waals surface area contributed by atoms with Gasteiger partial charge in [-0.15, -0.1) is 0 Å². The third-order valence-electron chi connectivity index (χ3n) is 4.46. The highest BCUT2D eigenvalue weighted by Crippen LogP contribution is 2.44. The largest absolute Gasteiger partial charge is 0.393 e. The van der Waals surface area contributed by atoms with Gasteiger partial charge in [0.2, 0.25) is 11.8 Å². The van der Waals surface area contributed by atoms with E-state index in [1.807, 2.05) is 0 Å². The second-order valence-electron chi connectivity index (χ2n) is 5.71. The fraction of sp³-hybridized carbons (Fsp3) is 0.786. The highest BCUT2D eigenvalue weighted by molar-refractivity contribution is 7.80. The van der Waals surface area contributed by atoms with Crippen LogP contribution in [0.15, 0.2) is 0 Å². The van der Waals surface area contributed by atoms with Gasteiger partial charge < -0.3 is 5.73 Å². The van der Waals surface area contributed by atoms with Crippen molar-refractivity contribution in [2.24, 2.45) is 23.5 Å². The van der Waals surface area contributed by atoms with E-state index in [0.717, 1.165) is 32.1 Å². The monoisotopic (exact) mass is 282 g/mol. The first kappa shape index (κ1) is 14.4. The summed E-state index contributed by atoms with van der Waals surface area (Å²) in [5.74, 6) is 0.600. The third kappa shape index (κ3) is 2.96. The lowest BCUT2D eigenvalue weighted by molar-refractivity contribution is -0.140. The molecule has 1 aliphatic carbocycles. The van der Waals surface area contributed by atoms with Crippen LogP contribution in [0.3, 0.4) is 0 Å². The lowest BCUT2D eigenvalue weighted by Crippen LogP contribution is -2.33. The van der Waals surface area contributed by atoms with E-state index in [2.05, 4.69) is 6.92 Å². The summed E-state index contributed by atoms with van der Waals surface area (Å²) in [6.07, 6.45) is 5.20. The Morgan fingerprint density at radius 2 is 1.84 bits per heavy atom. The molecule has 106 valence electrons. The van der Waals surface area contributed by atoms with Crippen LogP contribution in [0, 0.1) is 17.8 Å². The van der Waals surface area contributed by atoms with Crippen LogP contribution in [0.4, 0.5) is 0 Å². The summed E-state index contributed by atoms with van der Waals surface area (Å²) in [5.41, 5.74) is 5.43. The lowest BCUT2D eigenvalue weighted by Gasteiger charge is -2.17. The van der Waals surface area contributed by atoms with Gasteiger partial charge in [-0.05, 0) is 38.0 Å². The maximum absolute atomic E-state index is 12.2. The number of nitrogens with zero attached hydrogens (tertiary/aromatic N) is 1. The van der Waals surface area contributed by atoms with Gasteiger partial charge in [0.15, 0.2) is 0 Å². The van der Waals surface area contributed by atoms with Crippen molar-refractivity contribution in [2.75, 3.05) is 6.54 Å². The fourth-order valence-corrected chi connectivity index (χ4v) is 3.46. The van der Waals surface area contributed by atoms with Crippen LogP contribution in [0.25, 0.3) is 0 Å². The van der Waals surface area contributed by atoms with E-state index in [9.17, 15) is 9.59 Å². The molecule has 2 rings (SSSR count). The fourth-order valence-electron chi connectivity index (χ4n) is 3.32. The van der Waals surface area contributed by atoms with Crippen molar-refractivity contribution in [3.8, 4) is 0 Å². The number of amides is 2. The van der Waals surface area contributed by atoms with Crippen molar-refractivity contribution >= 4 is 29.0 Å². The lowest BCUT2D eigenvalue weighted by atomic mass is 10.00. The number of carbonyl (C=O) groups is 2. The Morgan fingerprint density at radius 1 is 1.26 bits per heavy atom. The van der Waals surface area contributed by atoms with Crippen LogP contribution in [-0.4, -0.2) is 28.2 Å². The minimum absolute atomic E-state index is 0.0342. The number of carbonyl (C=O) groups excluding carboxylic acids is 2. The van der Waals surface area contributed by atoms with Gasteiger partial charge in [-0.3, -0.25) is 14.5 Å². The Bertz CT molecular complexity index is 373. The molecule has 4 nitrogen and oxygen atoms in total. The van der Waals surface area contributed by atoms with E-state index in [-0.39, 0.29) is 23.7 Å². The number of likely N-dealkylation sites (tertiary alicyclic amines) is 1. The molecule has 1 saturated heterocycles. The van der Waals surface area contributed by atoms with Gasteiger partial charge >= 0.3 is 0 Å². The van der Waals surface area contributed by atoms with Crippen LogP contribution in [0.2, 0.25) is 0 Å². The molecule has 2 unspecified atom stereocenters. The Labute approximate surface area is 119 Å². The van der Waals surface area contributed by atoms with Crippen LogP contribution in [0.1, 0.15) is 45.4 Å². The Morgan fingerprint density at radius 3 is 2.32 bits per heavy atom. The van der Waals surface area contributed by atoms with Gasteiger partial charge in [0, 0.05) is 6.54 Å². The minimum Gasteiger partial charge on any atom is -0.393 e. The van der Waals surface area contributed by atoms with E-state index in [1.165, 1.54) is 4.90 Å². The van der Waals surface area contributed by atoms with Gasteiger partial charge in [-0.25, -0.2) is 0 Å². The predicted octanol–water partition coefficient (Wildman–Crippen LogP) is 1.86. The summed E-state index contributed by atoms with van der Waals surface area (Å²) >= 11 is 4.81. The van der Waals surface area contributed by atoms with Crippen LogP contribution in [0.5, 0.6) is 0 Å². The standard InChI is InChI=1S/C14H22N2O2S/c1-2-9-7-10-11(8-9)14(18)16(13(10)17)6-4-3-5-12(15)19/h9-11H,2-8H2,1H3,(H2,15,19). The average Bonchev–Trinajstić information content (AvgIpc) is 2.88. The molecule has 0 aromatic rings. The molecular formula is C14H22N2O2S. The predicted molar refractivity (Wildman–Crippen MR) is 77.4 cm³/mol. The molecule has 2 aliphatic rings. The molecule has 5 heteroatoms. The zero-order chi connectivity index (χ0) is 14.0.